The van der Waals surface area contributed by atoms with Gasteiger partial charge in [-0.1, -0.05) is 12.1 Å². The van der Waals surface area contributed by atoms with Gasteiger partial charge >= 0.3 is 0 Å². The third kappa shape index (κ3) is 4.43. The summed E-state index contributed by atoms with van der Waals surface area (Å²) in [6.45, 7) is 7.38. The van der Waals surface area contributed by atoms with E-state index in [4.69, 9.17) is 4.74 Å². The summed E-state index contributed by atoms with van der Waals surface area (Å²) in [5, 5.41) is 2.97. The van der Waals surface area contributed by atoms with Crippen LogP contribution < -0.4 is 10.1 Å². The number of fused-ring (bicyclic) bond motifs is 1. The van der Waals surface area contributed by atoms with Crippen molar-refractivity contribution in [3.63, 3.8) is 0 Å². The molecule has 0 radical (unpaired) electrons. The van der Waals surface area contributed by atoms with Crippen molar-refractivity contribution in [3.8, 4) is 5.75 Å². The molecule has 2 heterocycles. The molecule has 1 N–H and O–H groups in total. The number of carbonyl (C=O) groups is 2. The smallest absolute Gasteiger partial charge is 0.261 e. The number of hydrogen-bond acceptors (Lipinski definition) is 4. The highest BCUT2D eigenvalue weighted by molar-refractivity contribution is 7.14. The van der Waals surface area contributed by atoms with E-state index >= 15 is 0 Å². The SMILES string of the molecule is CC(=O)N1CCc2sc(C(=O)NCc3ccc(OC(C)C)cc3)cc2C1. The fourth-order valence-electron chi connectivity index (χ4n) is 2.94. The highest BCUT2D eigenvalue weighted by Gasteiger charge is 2.22. The van der Waals surface area contributed by atoms with Crippen molar-refractivity contribution in [3.05, 3.63) is 51.2 Å². The molecule has 0 fully saturated rings. The Kier molecular flexibility index (Phi) is 5.61. The van der Waals surface area contributed by atoms with E-state index in [1.54, 1.807) is 6.92 Å². The van der Waals surface area contributed by atoms with Crippen LogP contribution in [0.3, 0.4) is 0 Å². The lowest BCUT2D eigenvalue weighted by molar-refractivity contribution is -0.129. The monoisotopic (exact) mass is 372 g/mol. The molecule has 0 aliphatic carbocycles. The molecule has 1 aromatic heterocycles. The maximum absolute atomic E-state index is 12.5. The number of hydrogen-bond donors (Lipinski definition) is 1. The number of rotatable bonds is 5. The van der Waals surface area contributed by atoms with Gasteiger partial charge in [0.15, 0.2) is 0 Å². The summed E-state index contributed by atoms with van der Waals surface area (Å²) in [4.78, 5) is 27.7. The molecule has 0 saturated heterocycles. The van der Waals surface area contributed by atoms with Gasteiger partial charge in [-0.3, -0.25) is 9.59 Å². The summed E-state index contributed by atoms with van der Waals surface area (Å²) in [6.07, 6.45) is 0.966. The molecule has 26 heavy (non-hydrogen) atoms. The molecule has 1 aromatic carbocycles. The predicted molar refractivity (Wildman–Crippen MR) is 102 cm³/mol. The standard InChI is InChI=1S/C20H24N2O3S/c1-13(2)25-17-6-4-15(5-7-17)11-21-20(24)19-10-16-12-22(14(3)23)9-8-18(16)26-19/h4-7,10,13H,8-9,11-12H2,1-3H3,(H,21,24). The molecule has 1 aliphatic heterocycles. The zero-order chi connectivity index (χ0) is 18.7. The van der Waals surface area contributed by atoms with Crippen LogP contribution in [0.5, 0.6) is 5.75 Å². The van der Waals surface area contributed by atoms with Crippen molar-refractivity contribution in [2.45, 2.75) is 46.4 Å². The first-order chi connectivity index (χ1) is 12.4. The quantitative estimate of drug-likeness (QED) is 0.875. The molecule has 2 amide bonds. The first-order valence-corrected chi connectivity index (χ1v) is 9.65. The van der Waals surface area contributed by atoms with Crippen LogP contribution in [0.4, 0.5) is 0 Å². The zero-order valence-electron chi connectivity index (χ0n) is 15.4. The Bertz CT molecular complexity index is 796. The molecular weight excluding hydrogens is 348 g/mol. The fourth-order valence-corrected chi connectivity index (χ4v) is 4.02. The normalized spacial score (nSPS) is 13.5. The summed E-state index contributed by atoms with van der Waals surface area (Å²) < 4.78 is 5.62. The summed E-state index contributed by atoms with van der Waals surface area (Å²) >= 11 is 1.53. The lowest BCUT2D eigenvalue weighted by Gasteiger charge is -2.25. The Morgan fingerprint density at radius 3 is 2.65 bits per heavy atom. The molecule has 5 nitrogen and oxygen atoms in total. The maximum atomic E-state index is 12.5. The summed E-state index contributed by atoms with van der Waals surface area (Å²) in [5.74, 6) is 0.843. The van der Waals surface area contributed by atoms with Crippen LogP contribution in [-0.4, -0.2) is 29.4 Å². The molecule has 3 rings (SSSR count). The third-order valence-electron chi connectivity index (χ3n) is 4.28. The van der Waals surface area contributed by atoms with Crippen LogP contribution in [0.15, 0.2) is 30.3 Å². The average molecular weight is 372 g/mol. The molecule has 6 heteroatoms. The van der Waals surface area contributed by atoms with Crippen molar-refractivity contribution in [1.82, 2.24) is 10.2 Å². The summed E-state index contributed by atoms with van der Waals surface area (Å²) in [6, 6.07) is 9.68. The van der Waals surface area contributed by atoms with Crippen molar-refractivity contribution in [2.75, 3.05) is 6.54 Å². The molecule has 0 bridgehead atoms. The van der Waals surface area contributed by atoms with E-state index in [0.29, 0.717) is 18.0 Å². The van der Waals surface area contributed by atoms with Crippen LogP contribution in [0.1, 0.15) is 46.4 Å². The van der Waals surface area contributed by atoms with E-state index in [1.807, 2.05) is 49.1 Å². The molecule has 0 atom stereocenters. The highest BCUT2D eigenvalue weighted by Crippen LogP contribution is 2.28. The van der Waals surface area contributed by atoms with Gasteiger partial charge in [0.1, 0.15) is 5.75 Å². The Labute approximate surface area is 158 Å². The van der Waals surface area contributed by atoms with Crippen molar-refractivity contribution >= 4 is 23.2 Å². The van der Waals surface area contributed by atoms with Crippen LogP contribution >= 0.6 is 11.3 Å². The van der Waals surface area contributed by atoms with Gasteiger partial charge in [0.25, 0.3) is 5.91 Å². The van der Waals surface area contributed by atoms with E-state index in [9.17, 15) is 9.59 Å². The summed E-state index contributed by atoms with van der Waals surface area (Å²) in [7, 11) is 0. The first kappa shape index (κ1) is 18.5. The molecule has 0 unspecified atom stereocenters. The molecule has 138 valence electrons. The van der Waals surface area contributed by atoms with Gasteiger partial charge in [-0.05, 0) is 49.6 Å². The molecular formula is C20H24N2O3S. The van der Waals surface area contributed by atoms with E-state index in [1.165, 1.54) is 16.2 Å². The van der Waals surface area contributed by atoms with Crippen molar-refractivity contribution in [1.29, 1.82) is 0 Å². The fraction of sp³-hybridized carbons (Fsp3) is 0.400. The van der Waals surface area contributed by atoms with E-state index in [0.717, 1.165) is 29.8 Å². The predicted octanol–water partition coefficient (Wildman–Crippen LogP) is 3.37. The van der Waals surface area contributed by atoms with Gasteiger partial charge < -0.3 is 15.0 Å². The van der Waals surface area contributed by atoms with Gasteiger partial charge in [-0.15, -0.1) is 11.3 Å². The minimum absolute atomic E-state index is 0.0683. The highest BCUT2D eigenvalue weighted by atomic mass is 32.1. The second kappa shape index (κ2) is 7.91. The number of thiophene rings is 1. The largest absolute Gasteiger partial charge is 0.491 e. The first-order valence-electron chi connectivity index (χ1n) is 8.83. The Balaban J connectivity index is 1.58. The average Bonchev–Trinajstić information content (AvgIpc) is 3.03. The number of amides is 2. The van der Waals surface area contributed by atoms with Gasteiger partial charge in [0, 0.05) is 31.4 Å². The Morgan fingerprint density at radius 1 is 1.27 bits per heavy atom. The second-order valence-electron chi connectivity index (χ2n) is 6.74. The molecule has 1 aliphatic rings. The van der Waals surface area contributed by atoms with Crippen molar-refractivity contribution < 1.29 is 14.3 Å². The third-order valence-corrected chi connectivity index (χ3v) is 5.52. The topological polar surface area (TPSA) is 58.6 Å². The minimum Gasteiger partial charge on any atom is -0.491 e. The molecule has 0 spiro atoms. The van der Waals surface area contributed by atoms with Crippen LogP contribution in [0.2, 0.25) is 0 Å². The van der Waals surface area contributed by atoms with Crippen LogP contribution in [-0.2, 0) is 24.3 Å². The van der Waals surface area contributed by atoms with Gasteiger partial charge in [0.05, 0.1) is 11.0 Å². The number of nitrogens with one attached hydrogen (secondary N) is 1. The minimum atomic E-state index is -0.0683. The lowest BCUT2D eigenvalue weighted by atomic mass is 10.1. The Hall–Kier alpha value is -2.34. The van der Waals surface area contributed by atoms with E-state index < -0.39 is 0 Å². The van der Waals surface area contributed by atoms with Crippen molar-refractivity contribution in [2.24, 2.45) is 0 Å². The molecule has 2 aromatic rings. The molecule has 0 saturated carbocycles. The van der Waals surface area contributed by atoms with Gasteiger partial charge in [0.2, 0.25) is 5.91 Å². The van der Waals surface area contributed by atoms with E-state index in [2.05, 4.69) is 5.32 Å². The Morgan fingerprint density at radius 2 is 2.00 bits per heavy atom. The maximum Gasteiger partial charge on any atom is 0.261 e. The number of benzene rings is 1. The second-order valence-corrected chi connectivity index (χ2v) is 7.88. The van der Waals surface area contributed by atoms with Gasteiger partial charge in [-0.2, -0.15) is 0 Å². The lowest BCUT2D eigenvalue weighted by Crippen LogP contribution is -2.33. The number of nitrogens with zero attached hydrogens (tertiary/aromatic N) is 1. The number of ether oxygens (including phenoxy) is 1. The van der Waals surface area contributed by atoms with Crippen LogP contribution in [0, 0.1) is 0 Å². The van der Waals surface area contributed by atoms with Crippen LogP contribution in [0.25, 0.3) is 0 Å². The van der Waals surface area contributed by atoms with E-state index in [-0.39, 0.29) is 17.9 Å². The summed E-state index contributed by atoms with van der Waals surface area (Å²) in [5.41, 5.74) is 2.12. The van der Waals surface area contributed by atoms with Gasteiger partial charge in [-0.25, -0.2) is 0 Å². The number of carbonyl (C=O) groups excluding carboxylic acids is 2. The zero-order valence-corrected chi connectivity index (χ0v) is 16.2.